The van der Waals surface area contributed by atoms with E-state index in [-0.39, 0.29) is 5.91 Å². The zero-order valence-corrected chi connectivity index (χ0v) is 14.2. The molecule has 5 heteroatoms. The van der Waals surface area contributed by atoms with E-state index in [1.54, 1.807) is 0 Å². The van der Waals surface area contributed by atoms with Gasteiger partial charge < -0.3 is 9.47 Å². The van der Waals surface area contributed by atoms with E-state index in [1.807, 2.05) is 41.6 Å². The third-order valence-corrected chi connectivity index (χ3v) is 4.71. The molecule has 1 saturated heterocycles. The van der Waals surface area contributed by atoms with E-state index in [0.29, 0.717) is 17.4 Å². The van der Waals surface area contributed by atoms with Gasteiger partial charge in [0, 0.05) is 43.0 Å². The van der Waals surface area contributed by atoms with Crippen molar-refractivity contribution in [2.75, 3.05) is 13.1 Å². The summed E-state index contributed by atoms with van der Waals surface area (Å²) in [5, 5.41) is 0.678. The van der Waals surface area contributed by atoms with Gasteiger partial charge in [0.25, 0.3) is 0 Å². The van der Waals surface area contributed by atoms with Gasteiger partial charge in [-0.15, -0.1) is 0 Å². The predicted octanol–water partition coefficient (Wildman–Crippen LogP) is 3.51. The summed E-state index contributed by atoms with van der Waals surface area (Å²) in [7, 11) is 0. The third kappa shape index (κ3) is 3.75. The number of carbonyl (C=O) groups excluding carboxylic acids is 1. The van der Waals surface area contributed by atoms with E-state index < -0.39 is 0 Å². The number of carbonyl (C=O) groups is 1. The smallest absolute Gasteiger partial charge is 0.227 e. The molecule has 4 nitrogen and oxygen atoms in total. The topological polar surface area (TPSA) is 38.1 Å². The van der Waals surface area contributed by atoms with Gasteiger partial charge in [-0.05, 0) is 37.5 Å². The minimum absolute atomic E-state index is 0.173. The molecular formula is C18H22ClN3O. The van der Waals surface area contributed by atoms with Crippen LogP contribution in [0.5, 0.6) is 0 Å². The van der Waals surface area contributed by atoms with Gasteiger partial charge in [0.15, 0.2) is 0 Å². The van der Waals surface area contributed by atoms with Crippen LogP contribution in [0.25, 0.3) is 0 Å². The van der Waals surface area contributed by atoms with Crippen LogP contribution in [0.3, 0.4) is 0 Å². The molecule has 1 atom stereocenters. The van der Waals surface area contributed by atoms with E-state index in [4.69, 9.17) is 11.6 Å². The lowest BCUT2D eigenvalue weighted by atomic mass is 9.96. The fraction of sp³-hybridized carbons (Fsp3) is 0.444. The Labute approximate surface area is 142 Å². The SMILES string of the molecule is CCn1ccnc1[C@@H]1CCCN(C(=O)Cc2cccc(Cl)c2)C1. The van der Waals surface area contributed by atoms with Gasteiger partial charge >= 0.3 is 0 Å². The van der Waals surface area contributed by atoms with Crippen molar-refractivity contribution in [2.45, 2.75) is 38.6 Å². The van der Waals surface area contributed by atoms with E-state index >= 15 is 0 Å². The first-order valence-corrected chi connectivity index (χ1v) is 8.58. The maximum Gasteiger partial charge on any atom is 0.227 e. The number of benzene rings is 1. The van der Waals surface area contributed by atoms with Crippen LogP contribution in [-0.4, -0.2) is 33.4 Å². The average Bonchev–Trinajstić information content (AvgIpc) is 3.03. The Morgan fingerprint density at radius 1 is 1.43 bits per heavy atom. The first-order valence-electron chi connectivity index (χ1n) is 8.20. The number of rotatable bonds is 4. The molecule has 1 aromatic heterocycles. The molecule has 0 unspecified atom stereocenters. The zero-order chi connectivity index (χ0) is 16.2. The predicted molar refractivity (Wildman–Crippen MR) is 91.6 cm³/mol. The number of aryl methyl sites for hydroxylation is 1. The standard InChI is InChI=1S/C18H22ClN3O/c1-2-21-10-8-20-18(21)15-6-4-9-22(13-15)17(23)12-14-5-3-7-16(19)11-14/h3,5,7-8,10-11,15H,2,4,6,9,12-13H2,1H3/t15-/m1/s1. The van der Waals surface area contributed by atoms with Crippen LogP contribution >= 0.6 is 11.6 Å². The molecule has 1 aromatic carbocycles. The lowest BCUT2D eigenvalue weighted by Crippen LogP contribution is -2.40. The average molecular weight is 332 g/mol. The molecule has 0 radical (unpaired) electrons. The van der Waals surface area contributed by atoms with Crippen LogP contribution in [-0.2, 0) is 17.8 Å². The Bertz CT molecular complexity index is 682. The molecule has 23 heavy (non-hydrogen) atoms. The van der Waals surface area contributed by atoms with Crippen molar-refractivity contribution < 1.29 is 4.79 Å². The molecule has 122 valence electrons. The second-order valence-electron chi connectivity index (χ2n) is 6.06. The molecule has 0 aliphatic carbocycles. The van der Waals surface area contributed by atoms with Crippen molar-refractivity contribution in [3.8, 4) is 0 Å². The highest BCUT2D eigenvalue weighted by Gasteiger charge is 2.27. The maximum absolute atomic E-state index is 12.6. The number of piperidine rings is 1. The number of imidazole rings is 1. The number of nitrogens with zero attached hydrogens (tertiary/aromatic N) is 3. The summed E-state index contributed by atoms with van der Waals surface area (Å²) in [5.74, 6) is 1.61. The summed E-state index contributed by atoms with van der Waals surface area (Å²) in [4.78, 5) is 19.1. The number of halogens is 1. The Kier molecular flexibility index (Phi) is 5.01. The van der Waals surface area contributed by atoms with E-state index in [0.717, 1.165) is 43.9 Å². The van der Waals surface area contributed by atoms with Gasteiger partial charge in [0.1, 0.15) is 5.82 Å². The fourth-order valence-electron chi connectivity index (χ4n) is 3.30. The van der Waals surface area contributed by atoms with Gasteiger partial charge in [-0.25, -0.2) is 4.98 Å². The van der Waals surface area contributed by atoms with Crippen LogP contribution in [0.4, 0.5) is 0 Å². The van der Waals surface area contributed by atoms with Crippen LogP contribution in [0, 0.1) is 0 Å². The number of aromatic nitrogens is 2. The van der Waals surface area contributed by atoms with Gasteiger partial charge in [-0.2, -0.15) is 0 Å². The third-order valence-electron chi connectivity index (χ3n) is 4.47. The van der Waals surface area contributed by atoms with E-state index in [2.05, 4.69) is 16.5 Å². The van der Waals surface area contributed by atoms with E-state index in [1.165, 1.54) is 0 Å². The molecular weight excluding hydrogens is 310 g/mol. The molecule has 1 aliphatic rings. The second-order valence-corrected chi connectivity index (χ2v) is 6.49. The number of amides is 1. The van der Waals surface area contributed by atoms with Gasteiger partial charge in [0.05, 0.1) is 6.42 Å². The summed E-state index contributed by atoms with van der Waals surface area (Å²) in [6, 6.07) is 7.54. The monoisotopic (exact) mass is 331 g/mol. The molecule has 0 spiro atoms. The Balaban J connectivity index is 1.67. The van der Waals surface area contributed by atoms with Crippen LogP contribution in [0.15, 0.2) is 36.7 Å². The maximum atomic E-state index is 12.6. The van der Waals surface area contributed by atoms with Crippen LogP contribution in [0.2, 0.25) is 5.02 Å². The highest BCUT2D eigenvalue weighted by Crippen LogP contribution is 2.26. The number of hydrogen-bond donors (Lipinski definition) is 0. The highest BCUT2D eigenvalue weighted by atomic mass is 35.5. The van der Waals surface area contributed by atoms with Crippen molar-refractivity contribution in [1.82, 2.24) is 14.5 Å². The van der Waals surface area contributed by atoms with Crippen molar-refractivity contribution in [1.29, 1.82) is 0 Å². The summed E-state index contributed by atoms with van der Waals surface area (Å²) >= 11 is 6.00. The number of hydrogen-bond acceptors (Lipinski definition) is 2. The Hall–Kier alpha value is -1.81. The summed E-state index contributed by atoms with van der Waals surface area (Å²) in [6.45, 7) is 4.64. The molecule has 1 amide bonds. The van der Waals surface area contributed by atoms with Crippen LogP contribution < -0.4 is 0 Å². The lowest BCUT2D eigenvalue weighted by Gasteiger charge is -2.32. The minimum atomic E-state index is 0.173. The lowest BCUT2D eigenvalue weighted by molar-refractivity contribution is -0.131. The van der Waals surface area contributed by atoms with Crippen molar-refractivity contribution >= 4 is 17.5 Å². The summed E-state index contributed by atoms with van der Waals surface area (Å²) in [5.41, 5.74) is 0.972. The molecule has 0 N–H and O–H groups in total. The van der Waals surface area contributed by atoms with Crippen molar-refractivity contribution in [2.24, 2.45) is 0 Å². The largest absolute Gasteiger partial charge is 0.342 e. The van der Waals surface area contributed by atoms with E-state index in [9.17, 15) is 4.79 Å². The Morgan fingerprint density at radius 3 is 3.09 bits per heavy atom. The number of likely N-dealkylation sites (tertiary alicyclic amines) is 1. The molecule has 0 bridgehead atoms. The van der Waals surface area contributed by atoms with Crippen molar-refractivity contribution in [3.05, 3.63) is 53.1 Å². The first-order chi connectivity index (χ1) is 11.2. The summed E-state index contributed by atoms with van der Waals surface area (Å²) < 4.78 is 2.18. The molecule has 1 aliphatic heterocycles. The first kappa shape index (κ1) is 16.1. The molecule has 2 aromatic rings. The highest BCUT2D eigenvalue weighted by molar-refractivity contribution is 6.30. The molecule has 0 saturated carbocycles. The van der Waals surface area contributed by atoms with Gasteiger partial charge in [-0.3, -0.25) is 4.79 Å². The van der Waals surface area contributed by atoms with Crippen LogP contribution in [0.1, 0.15) is 37.1 Å². The fourth-order valence-corrected chi connectivity index (χ4v) is 3.51. The second kappa shape index (κ2) is 7.18. The zero-order valence-electron chi connectivity index (χ0n) is 13.4. The van der Waals surface area contributed by atoms with Gasteiger partial charge in [0.2, 0.25) is 5.91 Å². The molecule has 2 heterocycles. The molecule has 3 rings (SSSR count). The quantitative estimate of drug-likeness (QED) is 0.860. The molecule has 1 fully saturated rings. The van der Waals surface area contributed by atoms with Gasteiger partial charge in [-0.1, -0.05) is 23.7 Å². The minimum Gasteiger partial charge on any atom is -0.342 e. The summed E-state index contributed by atoms with van der Waals surface area (Å²) in [6.07, 6.45) is 6.41. The van der Waals surface area contributed by atoms with Crippen molar-refractivity contribution in [3.63, 3.8) is 0 Å². The normalized spacial score (nSPS) is 18.2. The Morgan fingerprint density at radius 2 is 2.30 bits per heavy atom.